The van der Waals surface area contributed by atoms with Crippen LogP contribution in [0.5, 0.6) is 0 Å². The molecule has 0 bridgehead atoms. The summed E-state index contributed by atoms with van der Waals surface area (Å²) in [5.74, 6) is -1.42. The van der Waals surface area contributed by atoms with Crippen LogP contribution in [-0.2, 0) is 22.6 Å². The lowest BCUT2D eigenvalue weighted by Gasteiger charge is -2.31. The van der Waals surface area contributed by atoms with E-state index in [1.54, 1.807) is 19.1 Å². The topological polar surface area (TPSA) is 49.4 Å². The fourth-order valence-electron chi connectivity index (χ4n) is 3.08. The molecule has 2 rings (SSSR count). The molecule has 30 heavy (non-hydrogen) atoms. The van der Waals surface area contributed by atoms with Crippen molar-refractivity contribution in [2.24, 2.45) is 5.92 Å². The van der Waals surface area contributed by atoms with Crippen LogP contribution in [0.2, 0.25) is 5.02 Å². The number of carbonyl (C=O) groups excluding carboxylic acids is 2. The Hall–Kier alpha value is -2.47. The highest BCUT2D eigenvalue weighted by Gasteiger charge is 2.29. The zero-order chi connectivity index (χ0) is 22.3. The first kappa shape index (κ1) is 23.8. The van der Waals surface area contributed by atoms with Crippen molar-refractivity contribution in [1.82, 2.24) is 10.2 Å². The maximum Gasteiger partial charge on any atom is 0.242 e. The molecule has 0 aliphatic carbocycles. The maximum absolute atomic E-state index is 14.2. The Kier molecular flexibility index (Phi) is 8.78. The highest BCUT2D eigenvalue weighted by atomic mass is 35.5. The van der Waals surface area contributed by atoms with Crippen molar-refractivity contribution in [1.29, 1.82) is 0 Å². The first-order valence-electron chi connectivity index (χ1n) is 9.97. The number of amides is 2. The van der Waals surface area contributed by atoms with Crippen molar-refractivity contribution < 1.29 is 18.4 Å². The first-order valence-corrected chi connectivity index (χ1v) is 10.3. The number of hydrogen-bond donors (Lipinski definition) is 1. The molecule has 7 heteroatoms. The van der Waals surface area contributed by atoms with E-state index in [0.717, 1.165) is 0 Å². The van der Waals surface area contributed by atoms with Gasteiger partial charge in [0.1, 0.15) is 17.7 Å². The predicted octanol–water partition coefficient (Wildman–Crippen LogP) is 4.74. The van der Waals surface area contributed by atoms with Gasteiger partial charge in [-0.3, -0.25) is 9.59 Å². The van der Waals surface area contributed by atoms with Gasteiger partial charge < -0.3 is 10.2 Å². The molecule has 2 amide bonds. The van der Waals surface area contributed by atoms with Crippen LogP contribution in [0, 0.1) is 17.6 Å². The summed E-state index contributed by atoms with van der Waals surface area (Å²) in [5, 5.41) is 3.01. The van der Waals surface area contributed by atoms with E-state index in [1.165, 1.54) is 35.2 Å². The summed E-state index contributed by atoms with van der Waals surface area (Å²) in [6.07, 6.45) is 0.0997. The van der Waals surface area contributed by atoms with E-state index in [0.29, 0.717) is 18.5 Å². The molecule has 0 aliphatic heterocycles. The number of nitrogens with zero attached hydrogens (tertiary/aromatic N) is 1. The molecule has 0 heterocycles. The summed E-state index contributed by atoms with van der Waals surface area (Å²) in [5.41, 5.74) is 0.755. The minimum absolute atomic E-state index is 0.0886. The lowest BCUT2D eigenvalue weighted by Crippen LogP contribution is -2.50. The van der Waals surface area contributed by atoms with Crippen LogP contribution in [0.1, 0.15) is 38.3 Å². The quantitative estimate of drug-likeness (QED) is 0.617. The summed E-state index contributed by atoms with van der Waals surface area (Å²) < 4.78 is 27.5. The van der Waals surface area contributed by atoms with Gasteiger partial charge in [0.05, 0.1) is 6.42 Å². The fraction of sp³-hybridized carbons (Fsp3) is 0.391. The molecular formula is C23H27ClF2N2O2. The normalized spacial score (nSPS) is 12.0. The minimum atomic E-state index is -0.744. The third-order valence-corrected chi connectivity index (χ3v) is 5.08. The Morgan fingerprint density at radius 3 is 2.33 bits per heavy atom. The average molecular weight is 437 g/mol. The molecule has 0 saturated heterocycles. The number of hydrogen-bond acceptors (Lipinski definition) is 2. The molecule has 0 radical (unpaired) electrons. The van der Waals surface area contributed by atoms with Crippen molar-refractivity contribution in [2.45, 2.75) is 46.2 Å². The zero-order valence-corrected chi connectivity index (χ0v) is 18.2. The van der Waals surface area contributed by atoms with Gasteiger partial charge in [-0.25, -0.2) is 8.78 Å². The lowest BCUT2D eigenvalue weighted by atomic mass is 10.1. The number of carbonyl (C=O) groups is 2. The Labute approximate surface area is 181 Å². The molecule has 2 aromatic rings. The largest absolute Gasteiger partial charge is 0.354 e. The van der Waals surface area contributed by atoms with Gasteiger partial charge >= 0.3 is 0 Å². The van der Waals surface area contributed by atoms with Crippen molar-refractivity contribution in [2.75, 3.05) is 6.54 Å². The summed E-state index contributed by atoms with van der Waals surface area (Å²) in [6.45, 7) is 6.33. The molecule has 162 valence electrons. The second-order valence-electron chi connectivity index (χ2n) is 7.59. The standard InChI is InChI=1S/C23H27ClF2N2O2/c1-4-21(23(30)27-13-15(2)3)28(14-16-8-10-17(25)11-9-16)22(29)12-18-19(24)6-5-7-20(18)26/h5-11,15,21H,4,12-14H2,1-3H3,(H,27,30)/t21-/m1/s1. The van der Waals surface area contributed by atoms with E-state index in [2.05, 4.69) is 5.32 Å². The second-order valence-corrected chi connectivity index (χ2v) is 8.00. The molecule has 0 saturated carbocycles. The summed E-state index contributed by atoms with van der Waals surface area (Å²) in [6, 6.07) is 9.20. The van der Waals surface area contributed by atoms with Gasteiger partial charge in [0.2, 0.25) is 11.8 Å². The molecule has 0 aliphatic rings. The summed E-state index contributed by atoms with van der Waals surface area (Å²) in [4.78, 5) is 27.4. The summed E-state index contributed by atoms with van der Waals surface area (Å²) >= 11 is 6.08. The van der Waals surface area contributed by atoms with Gasteiger partial charge in [-0.05, 0) is 42.2 Å². The number of halogens is 3. The van der Waals surface area contributed by atoms with Crippen molar-refractivity contribution >= 4 is 23.4 Å². The van der Waals surface area contributed by atoms with Crippen molar-refractivity contribution in [3.63, 3.8) is 0 Å². The van der Waals surface area contributed by atoms with Crippen LogP contribution in [0.4, 0.5) is 8.78 Å². The van der Waals surface area contributed by atoms with E-state index in [9.17, 15) is 18.4 Å². The number of benzene rings is 2. The maximum atomic E-state index is 14.2. The molecular weight excluding hydrogens is 410 g/mol. The Morgan fingerprint density at radius 2 is 1.77 bits per heavy atom. The lowest BCUT2D eigenvalue weighted by molar-refractivity contribution is -0.141. The van der Waals surface area contributed by atoms with Gasteiger partial charge in [0.15, 0.2) is 0 Å². The van der Waals surface area contributed by atoms with E-state index < -0.39 is 23.6 Å². The van der Waals surface area contributed by atoms with E-state index in [1.807, 2.05) is 13.8 Å². The van der Waals surface area contributed by atoms with Crippen LogP contribution in [0.15, 0.2) is 42.5 Å². The molecule has 4 nitrogen and oxygen atoms in total. The molecule has 1 atom stereocenters. The van der Waals surface area contributed by atoms with E-state index >= 15 is 0 Å². The van der Waals surface area contributed by atoms with Gasteiger partial charge in [-0.2, -0.15) is 0 Å². The van der Waals surface area contributed by atoms with E-state index in [4.69, 9.17) is 11.6 Å². The van der Waals surface area contributed by atoms with Crippen molar-refractivity contribution in [3.8, 4) is 0 Å². The third-order valence-electron chi connectivity index (χ3n) is 4.73. The molecule has 2 aromatic carbocycles. The van der Waals surface area contributed by atoms with Gasteiger partial charge in [-0.1, -0.05) is 50.6 Å². The van der Waals surface area contributed by atoms with Crippen LogP contribution in [-0.4, -0.2) is 29.3 Å². The zero-order valence-electron chi connectivity index (χ0n) is 17.4. The molecule has 0 unspecified atom stereocenters. The Morgan fingerprint density at radius 1 is 1.10 bits per heavy atom. The Balaban J connectivity index is 2.32. The number of rotatable bonds is 9. The predicted molar refractivity (Wildman–Crippen MR) is 114 cm³/mol. The van der Waals surface area contributed by atoms with Crippen LogP contribution in [0.3, 0.4) is 0 Å². The second kappa shape index (κ2) is 11.1. The molecule has 0 fully saturated rings. The molecule has 0 spiro atoms. The van der Waals surface area contributed by atoms with E-state index in [-0.39, 0.29) is 35.4 Å². The van der Waals surface area contributed by atoms with Crippen LogP contribution in [0.25, 0.3) is 0 Å². The molecule has 1 N–H and O–H groups in total. The van der Waals surface area contributed by atoms with Gasteiger partial charge in [-0.15, -0.1) is 0 Å². The fourth-order valence-corrected chi connectivity index (χ4v) is 3.31. The van der Waals surface area contributed by atoms with Crippen LogP contribution < -0.4 is 5.32 Å². The average Bonchev–Trinajstić information content (AvgIpc) is 2.70. The minimum Gasteiger partial charge on any atom is -0.354 e. The van der Waals surface area contributed by atoms with Crippen molar-refractivity contribution in [3.05, 3.63) is 70.2 Å². The smallest absolute Gasteiger partial charge is 0.242 e. The van der Waals surface area contributed by atoms with Gasteiger partial charge in [0.25, 0.3) is 0 Å². The Bertz CT molecular complexity index is 852. The van der Waals surface area contributed by atoms with Gasteiger partial charge in [0, 0.05) is 23.7 Å². The SMILES string of the molecule is CC[C@H](C(=O)NCC(C)C)N(Cc1ccc(F)cc1)C(=O)Cc1c(F)cccc1Cl. The van der Waals surface area contributed by atoms with Crippen LogP contribution >= 0.6 is 11.6 Å². The monoisotopic (exact) mass is 436 g/mol. The molecule has 0 aromatic heterocycles. The highest BCUT2D eigenvalue weighted by Crippen LogP contribution is 2.22. The highest BCUT2D eigenvalue weighted by molar-refractivity contribution is 6.31. The number of nitrogens with one attached hydrogen (secondary N) is 1. The third kappa shape index (κ3) is 6.52. The first-order chi connectivity index (χ1) is 14.2. The summed E-state index contributed by atoms with van der Waals surface area (Å²) in [7, 11) is 0.